The van der Waals surface area contributed by atoms with Crippen molar-refractivity contribution in [2.24, 2.45) is 0 Å². The molecule has 14 heavy (non-hydrogen) atoms. The van der Waals surface area contributed by atoms with E-state index in [2.05, 4.69) is 4.98 Å². The molecule has 2 heterocycles. The van der Waals surface area contributed by atoms with E-state index < -0.39 is 5.97 Å². The van der Waals surface area contributed by atoms with E-state index in [1.165, 1.54) is 11.3 Å². The highest BCUT2D eigenvalue weighted by Gasteiger charge is 2.28. The number of carbonyl (C=O) groups is 1. The molecule has 0 radical (unpaired) electrons. The molecule has 0 spiro atoms. The zero-order valence-electron chi connectivity index (χ0n) is 7.64. The highest BCUT2D eigenvalue weighted by Crippen LogP contribution is 2.25. The third-order valence-corrected chi connectivity index (χ3v) is 3.06. The highest BCUT2D eigenvalue weighted by atomic mass is 32.1. The van der Waals surface area contributed by atoms with E-state index in [1.807, 2.05) is 4.90 Å². The fourth-order valence-electron chi connectivity index (χ4n) is 1.25. The Hall–Kier alpha value is -1.14. The molecule has 1 fully saturated rings. The summed E-state index contributed by atoms with van der Waals surface area (Å²) in [5, 5.41) is 11.0. The standard InChI is InChI=1S/C8H10N2O3S/c1-13-5-2-10(3-5)8-9-6(4-14-8)7(11)12/h4-5H,2-3H2,1H3,(H,11,12). The molecule has 2 rings (SSSR count). The normalized spacial score (nSPS) is 16.8. The fraction of sp³-hybridized carbons (Fsp3) is 0.500. The number of hydrogen-bond acceptors (Lipinski definition) is 5. The fourth-order valence-corrected chi connectivity index (χ4v) is 2.07. The van der Waals surface area contributed by atoms with Crippen molar-refractivity contribution in [2.75, 3.05) is 25.1 Å². The summed E-state index contributed by atoms with van der Waals surface area (Å²) in [6.07, 6.45) is 0.257. The second kappa shape index (κ2) is 3.55. The maximum absolute atomic E-state index is 10.6. The Morgan fingerprint density at radius 1 is 1.79 bits per heavy atom. The molecule has 0 aliphatic carbocycles. The number of thiazole rings is 1. The average molecular weight is 214 g/mol. The lowest BCUT2D eigenvalue weighted by Crippen LogP contribution is -2.51. The molecule has 1 N–H and O–H groups in total. The Morgan fingerprint density at radius 2 is 2.50 bits per heavy atom. The first kappa shape index (κ1) is 9.42. The predicted octanol–water partition coefficient (Wildman–Crippen LogP) is 0.676. The molecule has 0 atom stereocenters. The first-order chi connectivity index (χ1) is 6.70. The Kier molecular flexibility index (Phi) is 2.39. The van der Waals surface area contributed by atoms with Gasteiger partial charge in [-0.15, -0.1) is 11.3 Å². The second-order valence-corrected chi connectivity index (χ2v) is 3.92. The lowest BCUT2D eigenvalue weighted by atomic mass is 10.2. The molecule has 1 aliphatic rings. The van der Waals surface area contributed by atoms with Crippen LogP contribution < -0.4 is 4.90 Å². The number of carboxylic acids is 1. The monoisotopic (exact) mass is 214 g/mol. The van der Waals surface area contributed by atoms with Crippen LogP contribution in [0.25, 0.3) is 0 Å². The molecule has 1 aliphatic heterocycles. The van der Waals surface area contributed by atoms with Crippen molar-refractivity contribution in [1.82, 2.24) is 4.98 Å². The topological polar surface area (TPSA) is 62.7 Å². The van der Waals surface area contributed by atoms with Crippen molar-refractivity contribution in [3.05, 3.63) is 11.1 Å². The summed E-state index contributed by atoms with van der Waals surface area (Å²) in [5.74, 6) is -0.976. The number of nitrogens with zero attached hydrogens (tertiary/aromatic N) is 2. The van der Waals surface area contributed by atoms with Gasteiger partial charge in [-0.25, -0.2) is 9.78 Å². The maximum atomic E-state index is 10.6. The Labute approximate surface area is 84.9 Å². The lowest BCUT2D eigenvalue weighted by Gasteiger charge is -2.37. The van der Waals surface area contributed by atoms with Crippen molar-refractivity contribution in [2.45, 2.75) is 6.10 Å². The third kappa shape index (κ3) is 1.58. The van der Waals surface area contributed by atoms with Crippen LogP contribution in [0.5, 0.6) is 0 Å². The molecule has 5 nitrogen and oxygen atoms in total. The van der Waals surface area contributed by atoms with E-state index >= 15 is 0 Å². The first-order valence-electron chi connectivity index (χ1n) is 4.17. The maximum Gasteiger partial charge on any atom is 0.355 e. The lowest BCUT2D eigenvalue weighted by molar-refractivity contribution is 0.0691. The molecule has 1 saturated heterocycles. The molecule has 76 valence electrons. The Balaban J connectivity index is 2.01. The van der Waals surface area contributed by atoms with E-state index in [9.17, 15) is 4.79 Å². The third-order valence-electron chi connectivity index (χ3n) is 2.16. The summed E-state index contributed by atoms with van der Waals surface area (Å²) in [6, 6.07) is 0. The van der Waals surface area contributed by atoms with Gasteiger partial charge in [0, 0.05) is 25.6 Å². The van der Waals surface area contributed by atoms with E-state index in [0.29, 0.717) is 0 Å². The minimum absolute atomic E-state index is 0.117. The van der Waals surface area contributed by atoms with Gasteiger partial charge in [-0.3, -0.25) is 0 Å². The molecule has 6 heteroatoms. The van der Waals surface area contributed by atoms with E-state index in [4.69, 9.17) is 9.84 Å². The van der Waals surface area contributed by atoms with Gasteiger partial charge in [0.15, 0.2) is 10.8 Å². The number of hydrogen-bond donors (Lipinski definition) is 1. The molecule has 0 amide bonds. The second-order valence-electron chi connectivity index (χ2n) is 3.08. The molecule has 0 unspecified atom stereocenters. The Bertz CT molecular complexity index is 346. The molecule has 0 aromatic carbocycles. The van der Waals surface area contributed by atoms with Crippen LogP contribution in [0.2, 0.25) is 0 Å². The van der Waals surface area contributed by atoms with Crippen LogP contribution in [0.1, 0.15) is 10.5 Å². The number of ether oxygens (including phenoxy) is 1. The van der Waals surface area contributed by atoms with Gasteiger partial charge in [-0.1, -0.05) is 0 Å². The summed E-state index contributed by atoms with van der Waals surface area (Å²) >= 11 is 1.35. The number of rotatable bonds is 3. The predicted molar refractivity (Wildman–Crippen MR) is 52.1 cm³/mol. The smallest absolute Gasteiger partial charge is 0.355 e. The van der Waals surface area contributed by atoms with Gasteiger partial charge >= 0.3 is 5.97 Å². The molecule has 1 aromatic heterocycles. The van der Waals surface area contributed by atoms with Gasteiger partial charge in [0.05, 0.1) is 6.10 Å². The number of carboxylic acid groups (broad SMARTS) is 1. The van der Waals surface area contributed by atoms with Crippen molar-refractivity contribution in [3.63, 3.8) is 0 Å². The van der Waals surface area contributed by atoms with Crippen molar-refractivity contribution >= 4 is 22.4 Å². The van der Waals surface area contributed by atoms with E-state index in [1.54, 1.807) is 12.5 Å². The van der Waals surface area contributed by atoms with E-state index in [-0.39, 0.29) is 11.8 Å². The molecule has 0 bridgehead atoms. The number of aromatic carboxylic acids is 1. The number of aromatic nitrogens is 1. The zero-order chi connectivity index (χ0) is 10.1. The van der Waals surface area contributed by atoms with Crippen LogP contribution in [-0.2, 0) is 4.74 Å². The average Bonchev–Trinajstić information content (AvgIpc) is 2.51. The minimum atomic E-state index is -0.976. The van der Waals surface area contributed by atoms with Crippen molar-refractivity contribution < 1.29 is 14.6 Å². The van der Waals surface area contributed by atoms with Crippen LogP contribution in [0.15, 0.2) is 5.38 Å². The summed E-state index contributed by atoms with van der Waals surface area (Å²) in [6.45, 7) is 1.59. The molecule has 1 aromatic rings. The summed E-state index contributed by atoms with van der Waals surface area (Å²) in [5.41, 5.74) is 0.117. The van der Waals surface area contributed by atoms with Gasteiger partial charge in [0.1, 0.15) is 0 Å². The summed E-state index contributed by atoms with van der Waals surface area (Å²) in [7, 11) is 1.67. The SMILES string of the molecule is COC1CN(c2nc(C(=O)O)cs2)C1. The van der Waals surface area contributed by atoms with Gasteiger partial charge in [-0.2, -0.15) is 0 Å². The minimum Gasteiger partial charge on any atom is -0.476 e. The van der Waals surface area contributed by atoms with Crippen LogP contribution >= 0.6 is 11.3 Å². The quantitative estimate of drug-likeness (QED) is 0.801. The van der Waals surface area contributed by atoms with Crippen LogP contribution in [-0.4, -0.2) is 42.4 Å². The number of anilines is 1. The molecule has 0 saturated carbocycles. The number of methoxy groups -OCH3 is 1. The van der Waals surface area contributed by atoms with Crippen molar-refractivity contribution in [1.29, 1.82) is 0 Å². The Morgan fingerprint density at radius 3 is 3.00 bits per heavy atom. The molecular formula is C8H10N2O3S. The summed E-state index contributed by atoms with van der Waals surface area (Å²) < 4.78 is 5.11. The van der Waals surface area contributed by atoms with Gasteiger partial charge in [0.25, 0.3) is 0 Å². The highest BCUT2D eigenvalue weighted by molar-refractivity contribution is 7.13. The van der Waals surface area contributed by atoms with Crippen molar-refractivity contribution in [3.8, 4) is 0 Å². The van der Waals surface area contributed by atoms with E-state index in [0.717, 1.165) is 18.2 Å². The zero-order valence-corrected chi connectivity index (χ0v) is 8.45. The van der Waals surface area contributed by atoms with Crippen LogP contribution in [0.4, 0.5) is 5.13 Å². The molecular weight excluding hydrogens is 204 g/mol. The largest absolute Gasteiger partial charge is 0.476 e. The van der Waals surface area contributed by atoms with Gasteiger partial charge < -0.3 is 14.7 Å². The summed E-state index contributed by atoms with van der Waals surface area (Å²) in [4.78, 5) is 16.6. The van der Waals surface area contributed by atoms with Gasteiger partial charge in [0.2, 0.25) is 0 Å². The van der Waals surface area contributed by atoms with Gasteiger partial charge in [-0.05, 0) is 0 Å². The first-order valence-corrected chi connectivity index (χ1v) is 5.05. The van der Waals surface area contributed by atoms with Crippen LogP contribution in [0.3, 0.4) is 0 Å². The van der Waals surface area contributed by atoms with Crippen LogP contribution in [0, 0.1) is 0 Å².